The number of hydrogen-bond donors (Lipinski definition) is 1. The van der Waals surface area contributed by atoms with Crippen molar-refractivity contribution in [2.24, 2.45) is 0 Å². The van der Waals surface area contributed by atoms with Crippen LogP contribution in [0.1, 0.15) is 12.8 Å². The van der Waals surface area contributed by atoms with Gasteiger partial charge in [-0.3, -0.25) is 0 Å². The van der Waals surface area contributed by atoms with Crippen molar-refractivity contribution >= 4 is 26.8 Å². The number of urea groups is 1. The molecule has 0 unspecified atom stereocenters. The predicted molar refractivity (Wildman–Crippen MR) is 95.8 cm³/mol. The highest BCUT2D eigenvalue weighted by molar-refractivity contribution is 7.89. The number of benzene rings is 2. The van der Waals surface area contributed by atoms with E-state index in [-0.39, 0.29) is 6.03 Å². The van der Waals surface area contributed by atoms with Gasteiger partial charge in [-0.05, 0) is 35.7 Å². The first kappa shape index (κ1) is 16.4. The van der Waals surface area contributed by atoms with Crippen LogP contribution in [-0.2, 0) is 10.0 Å². The molecule has 0 radical (unpaired) electrons. The maximum absolute atomic E-state index is 12.9. The number of piperazine rings is 1. The SMILES string of the molecule is O=C(NC1CC1)N1CCN(S(=O)(=O)c2ccc3ccccc3c2)CC1. The number of fused-ring (bicyclic) bond motifs is 1. The van der Waals surface area contributed by atoms with Crippen LogP contribution >= 0.6 is 0 Å². The molecule has 1 aliphatic heterocycles. The Morgan fingerprint density at radius 3 is 2.32 bits per heavy atom. The second-order valence-corrected chi connectivity index (χ2v) is 8.56. The van der Waals surface area contributed by atoms with Gasteiger partial charge in [-0.1, -0.05) is 30.3 Å². The monoisotopic (exact) mass is 359 g/mol. The van der Waals surface area contributed by atoms with E-state index in [2.05, 4.69) is 5.32 Å². The standard InChI is InChI=1S/C18H21N3O3S/c22-18(19-16-6-7-16)20-9-11-21(12-10-20)25(23,24)17-8-5-14-3-1-2-4-15(14)13-17/h1-5,8,13,16H,6-7,9-12H2,(H,19,22). The number of nitrogens with one attached hydrogen (secondary N) is 1. The zero-order chi connectivity index (χ0) is 17.4. The molecule has 0 atom stereocenters. The number of carbonyl (C=O) groups is 1. The Labute approximate surface area is 147 Å². The molecule has 1 saturated carbocycles. The summed E-state index contributed by atoms with van der Waals surface area (Å²) in [5, 5.41) is 4.87. The second-order valence-electron chi connectivity index (χ2n) is 6.62. The number of rotatable bonds is 3. The molecule has 1 aliphatic carbocycles. The van der Waals surface area contributed by atoms with Crippen molar-refractivity contribution < 1.29 is 13.2 Å². The first-order valence-electron chi connectivity index (χ1n) is 8.58. The van der Waals surface area contributed by atoms with E-state index in [9.17, 15) is 13.2 Å². The van der Waals surface area contributed by atoms with Crippen molar-refractivity contribution in [1.29, 1.82) is 0 Å². The van der Waals surface area contributed by atoms with Crippen LogP contribution < -0.4 is 5.32 Å². The molecule has 0 aromatic heterocycles. The molecule has 2 aromatic rings. The van der Waals surface area contributed by atoms with E-state index in [4.69, 9.17) is 0 Å². The van der Waals surface area contributed by atoms with Crippen LogP contribution in [-0.4, -0.2) is 55.9 Å². The van der Waals surface area contributed by atoms with Crippen LogP contribution in [0.2, 0.25) is 0 Å². The van der Waals surface area contributed by atoms with E-state index in [1.54, 1.807) is 17.0 Å². The number of sulfonamides is 1. The van der Waals surface area contributed by atoms with E-state index >= 15 is 0 Å². The van der Waals surface area contributed by atoms with E-state index in [0.717, 1.165) is 23.6 Å². The van der Waals surface area contributed by atoms with Crippen molar-refractivity contribution in [2.45, 2.75) is 23.8 Å². The fourth-order valence-corrected chi connectivity index (χ4v) is 4.56. The Bertz CT molecular complexity index is 901. The maximum atomic E-state index is 12.9. The van der Waals surface area contributed by atoms with E-state index < -0.39 is 10.0 Å². The van der Waals surface area contributed by atoms with Crippen LogP contribution in [0.25, 0.3) is 10.8 Å². The summed E-state index contributed by atoms with van der Waals surface area (Å²) in [6.07, 6.45) is 2.09. The van der Waals surface area contributed by atoms with Gasteiger partial charge in [0, 0.05) is 32.2 Å². The van der Waals surface area contributed by atoms with Gasteiger partial charge in [-0.2, -0.15) is 4.31 Å². The number of amides is 2. The third-order valence-corrected chi connectivity index (χ3v) is 6.68. The molecule has 2 aliphatic rings. The third-order valence-electron chi connectivity index (χ3n) is 4.79. The van der Waals surface area contributed by atoms with Crippen LogP contribution in [0, 0.1) is 0 Å². The molecular formula is C18H21N3O3S. The highest BCUT2D eigenvalue weighted by atomic mass is 32.2. The van der Waals surface area contributed by atoms with Gasteiger partial charge >= 0.3 is 6.03 Å². The first-order valence-corrected chi connectivity index (χ1v) is 10.0. The average Bonchev–Trinajstić information content (AvgIpc) is 3.45. The quantitative estimate of drug-likeness (QED) is 0.911. The summed E-state index contributed by atoms with van der Waals surface area (Å²) < 4.78 is 27.3. The number of nitrogens with zero attached hydrogens (tertiary/aromatic N) is 2. The largest absolute Gasteiger partial charge is 0.335 e. The molecule has 1 saturated heterocycles. The fraction of sp³-hybridized carbons (Fsp3) is 0.389. The summed E-state index contributed by atoms with van der Waals surface area (Å²) in [6.45, 7) is 1.50. The second kappa shape index (κ2) is 6.31. The van der Waals surface area contributed by atoms with Crippen LogP contribution in [0.15, 0.2) is 47.4 Å². The predicted octanol–water partition coefficient (Wildman–Crippen LogP) is 2.02. The van der Waals surface area contributed by atoms with Crippen LogP contribution in [0.5, 0.6) is 0 Å². The molecule has 132 valence electrons. The number of hydrogen-bond acceptors (Lipinski definition) is 3. The summed E-state index contributed by atoms with van der Waals surface area (Å²) in [7, 11) is -3.54. The molecule has 1 heterocycles. The Balaban J connectivity index is 1.47. The van der Waals surface area contributed by atoms with Gasteiger partial charge in [-0.25, -0.2) is 13.2 Å². The molecule has 6 nitrogen and oxygen atoms in total. The minimum Gasteiger partial charge on any atom is -0.335 e. The van der Waals surface area contributed by atoms with Gasteiger partial charge in [-0.15, -0.1) is 0 Å². The summed E-state index contributed by atoms with van der Waals surface area (Å²) in [5.74, 6) is 0. The molecule has 2 fully saturated rings. The smallest absolute Gasteiger partial charge is 0.317 e. The van der Waals surface area contributed by atoms with Gasteiger partial charge in [0.15, 0.2) is 0 Å². The lowest BCUT2D eigenvalue weighted by atomic mass is 10.1. The minimum atomic E-state index is -3.54. The van der Waals surface area contributed by atoms with E-state index in [1.165, 1.54) is 4.31 Å². The van der Waals surface area contributed by atoms with Gasteiger partial charge in [0.1, 0.15) is 0 Å². The van der Waals surface area contributed by atoms with Gasteiger partial charge in [0.05, 0.1) is 4.90 Å². The minimum absolute atomic E-state index is 0.0785. The molecule has 2 aromatic carbocycles. The molecule has 4 rings (SSSR count). The van der Waals surface area contributed by atoms with Crippen molar-refractivity contribution in [3.05, 3.63) is 42.5 Å². The van der Waals surface area contributed by atoms with Crippen molar-refractivity contribution in [3.8, 4) is 0 Å². The number of carbonyl (C=O) groups excluding carboxylic acids is 1. The lowest BCUT2D eigenvalue weighted by molar-refractivity contribution is 0.172. The Hall–Kier alpha value is -2.12. The van der Waals surface area contributed by atoms with Crippen LogP contribution in [0.4, 0.5) is 4.79 Å². The lowest BCUT2D eigenvalue weighted by Crippen LogP contribution is -2.53. The third kappa shape index (κ3) is 3.34. The summed E-state index contributed by atoms with van der Waals surface area (Å²) in [5.41, 5.74) is 0. The fourth-order valence-electron chi connectivity index (χ4n) is 3.10. The first-order chi connectivity index (χ1) is 12.0. The van der Waals surface area contributed by atoms with Crippen LogP contribution in [0.3, 0.4) is 0 Å². The normalized spacial score (nSPS) is 19.1. The molecule has 25 heavy (non-hydrogen) atoms. The Kier molecular flexibility index (Phi) is 4.13. The molecule has 1 N–H and O–H groups in total. The topological polar surface area (TPSA) is 69.7 Å². The van der Waals surface area contributed by atoms with E-state index in [1.807, 2.05) is 30.3 Å². The Morgan fingerprint density at radius 1 is 0.960 bits per heavy atom. The zero-order valence-electron chi connectivity index (χ0n) is 13.9. The van der Waals surface area contributed by atoms with Gasteiger partial charge in [0.25, 0.3) is 0 Å². The summed E-state index contributed by atoms with van der Waals surface area (Å²) >= 11 is 0. The highest BCUT2D eigenvalue weighted by Crippen LogP contribution is 2.23. The van der Waals surface area contributed by atoms with Crippen molar-refractivity contribution in [2.75, 3.05) is 26.2 Å². The Morgan fingerprint density at radius 2 is 1.64 bits per heavy atom. The zero-order valence-corrected chi connectivity index (χ0v) is 14.7. The molecule has 0 bridgehead atoms. The highest BCUT2D eigenvalue weighted by Gasteiger charge is 2.32. The van der Waals surface area contributed by atoms with Gasteiger partial charge in [0.2, 0.25) is 10.0 Å². The molecule has 7 heteroatoms. The summed E-state index contributed by atoms with van der Waals surface area (Å²) in [6, 6.07) is 13.1. The molecule has 2 amide bonds. The molecule has 0 spiro atoms. The maximum Gasteiger partial charge on any atom is 0.317 e. The lowest BCUT2D eigenvalue weighted by Gasteiger charge is -2.34. The molecular weight excluding hydrogens is 338 g/mol. The average molecular weight is 359 g/mol. The summed E-state index contributed by atoms with van der Waals surface area (Å²) in [4.78, 5) is 14.1. The van der Waals surface area contributed by atoms with E-state index in [0.29, 0.717) is 37.1 Å². The van der Waals surface area contributed by atoms with Gasteiger partial charge < -0.3 is 10.2 Å². The van der Waals surface area contributed by atoms with Crippen molar-refractivity contribution in [3.63, 3.8) is 0 Å². The van der Waals surface area contributed by atoms with Crippen molar-refractivity contribution in [1.82, 2.24) is 14.5 Å².